The Balaban J connectivity index is 2.09. The van der Waals surface area contributed by atoms with Gasteiger partial charge in [-0.25, -0.2) is 8.51 Å². The highest BCUT2D eigenvalue weighted by Gasteiger charge is 2.32. The van der Waals surface area contributed by atoms with E-state index in [9.17, 15) is 9.32 Å². The maximum Gasteiger partial charge on any atom is 0.157 e. The number of aliphatic hydroxyl groups is 1. The van der Waals surface area contributed by atoms with Gasteiger partial charge in [-0.2, -0.15) is 0 Å². The highest BCUT2D eigenvalue weighted by atomic mass is 32.2. The topological polar surface area (TPSA) is 49.8 Å². The molecular formula is C18H29NO3S. The van der Waals surface area contributed by atoms with E-state index in [2.05, 4.69) is 0 Å². The lowest BCUT2D eigenvalue weighted by Crippen LogP contribution is -2.45. The van der Waals surface area contributed by atoms with Crippen molar-refractivity contribution in [1.29, 1.82) is 0 Å². The lowest BCUT2D eigenvalue weighted by atomic mass is 9.99. The standard InChI is InChI=1S/C18H29NO3S/c1-14-10-11-16(22-17(14)20)13-19(23(21)18(2,3)4)12-15-8-6-5-7-9-15/h5-9,14,16-17,20H,10-13H2,1-4H3/t14?,16-,17?,23-/m0/s1. The first-order valence-corrected chi connectivity index (χ1v) is 9.42. The van der Waals surface area contributed by atoms with E-state index >= 15 is 0 Å². The first-order valence-electron chi connectivity index (χ1n) is 8.32. The van der Waals surface area contributed by atoms with Crippen molar-refractivity contribution >= 4 is 11.0 Å². The fourth-order valence-electron chi connectivity index (χ4n) is 2.72. The zero-order chi connectivity index (χ0) is 17.0. The normalized spacial score (nSPS) is 27.1. The van der Waals surface area contributed by atoms with Crippen molar-refractivity contribution < 1.29 is 14.1 Å². The van der Waals surface area contributed by atoms with E-state index in [0.29, 0.717) is 13.1 Å². The van der Waals surface area contributed by atoms with Gasteiger partial charge in [0.1, 0.15) is 11.0 Å². The average Bonchev–Trinajstić information content (AvgIpc) is 2.49. The molecule has 0 amide bonds. The van der Waals surface area contributed by atoms with Gasteiger partial charge in [0.05, 0.1) is 10.9 Å². The molecule has 1 saturated heterocycles. The van der Waals surface area contributed by atoms with Crippen LogP contribution in [0.2, 0.25) is 0 Å². The molecule has 4 atom stereocenters. The molecule has 0 aromatic heterocycles. The van der Waals surface area contributed by atoms with Crippen molar-refractivity contribution in [3.8, 4) is 0 Å². The van der Waals surface area contributed by atoms with Gasteiger partial charge in [0.25, 0.3) is 0 Å². The second-order valence-corrected chi connectivity index (χ2v) is 9.61. The molecular weight excluding hydrogens is 310 g/mol. The Morgan fingerprint density at radius 1 is 1.26 bits per heavy atom. The Hall–Kier alpha value is -0.750. The van der Waals surface area contributed by atoms with Crippen LogP contribution in [0.5, 0.6) is 0 Å². The maximum absolute atomic E-state index is 12.9. The molecule has 1 aliphatic rings. The van der Waals surface area contributed by atoms with Gasteiger partial charge in [-0.05, 0) is 39.2 Å². The summed E-state index contributed by atoms with van der Waals surface area (Å²) in [5.74, 6) is 0.168. The number of hydrogen-bond donors (Lipinski definition) is 1. The minimum atomic E-state index is -1.13. The Bertz CT molecular complexity index is 515. The van der Waals surface area contributed by atoms with E-state index in [4.69, 9.17) is 4.74 Å². The molecule has 130 valence electrons. The second kappa shape index (κ2) is 7.88. The average molecular weight is 340 g/mol. The molecule has 23 heavy (non-hydrogen) atoms. The third-order valence-corrected chi connectivity index (χ3v) is 5.92. The highest BCUT2D eigenvalue weighted by Crippen LogP contribution is 2.26. The Labute approximate surface area is 142 Å². The molecule has 1 aromatic carbocycles. The monoisotopic (exact) mass is 339 g/mol. The summed E-state index contributed by atoms with van der Waals surface area (Å²) in [6.45, 7) is 9.15. The molecule has 0 radical (unpaired) electrons. The summed E-state index contributed by atoms with van der Waals surface area (Å²) in [6.07, 6.45) is 1.05. The minimum absolute atomic E-state index is 0.0730. The Morgan fingerprint density at radius 2 is 1.91 bits per heavy atom. The number of aliphatic hydroxyl groups excluding tert-OH is 1. The molecule has 0 bridgehead atoms. The predicted octanol–water partition coefficient (Wildman–Crippen LogP) is 3.08. The summed E-state index contributed by atoms with van der Waals surface area (Å²) in [5, 5.41) is 9.93. The van der Waals surface area contributed by atoms with E-state index in [1.807, 2.05) is 62.3 Å². The quantitative estimate of drug-likeness (QED) is 0.897. The van der Waals surface area contributed by atoms with Crippen molar-refractivity contribution in [2.75, 3.05) is 6.54 Å². The molecule has 2 rings (SSSR count). The summed E-state index contributed by atoms with van der Waals surface area (Å²) >= 11 is 0. The third-order valence-electron chi connectivity index (χ3n) is 4.13. The van der Waals surface area contributed by atoms with Crippen molar-refractivity contribution in [3.63, 3.8) is 0 Å². The molecule has 1 fully saturated rings. The minimum Gasteiger partial charge on any atom is -0.368 e. The van der Waals surface area contributed by atoms with E-state index in [-0.39, 0.29) is 16.8 Å². The van der Waals surface area contributed by atoms with Crippen molar-refractivity contribution in [2.45, 2.75) is 64.2 Å². The van der Waals surface area contributed by atoms with Crippen LogP contribution in [-0.4, -0.2) is 37.3 Å². The maximum atomic E-state index is 12.9. The molecule has 1 aliphatic heterocycles. The summed E-state index contributed by atoms with van der Waals surface area (Å²) in [6, 6.07) is 10.1. The van der Waals surface area contributed by atoms with Crippen LogP contribution in [0.25, 0.3) is 0 Å². The van der Waals surface area contributed by atoms with Gasteiger partial charge in [0.15, 0.2) is 6.29 Å². The number of nitrogens with zero attached hydrogens (tertiary/aromatic N) is 1. The van der Waals surface area contributed by atoms with E-state index in [0.717, 1.165) is 18.4 Å². The Morgan fingerprint density at radius 3 is 2.48 bits per heavy atom. The second-order valence-electron chi connectivity index (χ2n) is 7.37. The molecule has 1 aromatic rings. The number of hydrogen-bond acceptors (Lipinski definition) is 3. The van der Waals surface area contributed by atoms with Gasteiger partial charge in [0, 0.05) is 19.0 Å². The van der Waals surface area contributed by atoms with Gasteiger partial charge in [-0.1, -0.05) is 37.3 Å². The summed E-state index contributed by atoms with van der Waals surface area (Å²) in [7, 11) is -1.13. The van der Waals surface area contributed by atoms with Crippen LogP contribution in [0.4, 0.5) is 0 Å². The van der Waals surface area contributed by atoms with Gasteiger partial charge in [0.2, 0.25) is 0 Å². The number of rotatable bonds is 5. The van der Waals surface area contributed by atoms with Gasteiger partial charge in [-0.3, -0.25) is 0 Å². The van der Waals surface area contributed by atoms with E-state index in [1.54, 1.807) is 0 Å². The van der Waals surface area contributed by atoms with Crippen molar-refractivity contribution in [2.24, 2.45) is 5.92 Å². The van der Waals surface area contributed by atoms with Crippen LogP contribution >= 0.6 is 0 Å². The fourth-order valence-corrected chi connectivity index (χ4v) is 4.06. The molecule has 5 heteroatoms. The first kappa shape index (κ1) is 18.6. The third kappa shape index (κ3) is 5.38. The zero-order valence-electron chi connectivity index (χ0n) is 14.6. The molecule has 2 unspecified atom stereocenters. The van der Waals surface area contributed by atoms with Crippen LogP contribution in [0.15, 0.2) is 30.3 Å². The van der Waals surface area contributed by atoms with Gasteiger partial charge >= 0.3 is 0 Å². The number of benzene rings is 1. The fraction of sp³-hybridized carbons (Fsp3) is 0.667. The van der Waals surface area contributed by atoms with Crippen LogP contribution in [0, 0.1) is 5.92 Å². The molecule has 0 aliphatic carbocycles. The molecule has 1 heterocycles. The summed E-state index contributed by atoms with van der Waals surface area (Å²) in [4.78, 5) is 0. The van der Waals surface area contributed by atoms with Gasteiger partial charge < -0.3 is 9.84 Å². The Kier molecular flexibility index (Phi) is 6.37. The van der Waals surface area contributed by atoms with Crippen LogP contribution < -0.4 is 0 Å². The summed E-state index contributed by atoms with van der Waals surface area (Å²) in [5.41, 5.74) is 1.13. The molecule has 0 spiro atoms. The van der Waals surface area contributed by atoms with Crippen LogP contribution in [-0.2, 0) is 22.3 Å². The molecule has 0 saturated carbocycles. The SMILES string of the molecule is CC1CC[C@@H](CN(Cc2ccccc2)[S@@](=O)C(C)(C)C)OC1O. The molecule has 1 N–H and O–H groups in total. The van der Waals surface area contributed by atoms with E-state index < -0.39 is 17.3 Å². The summed E-state index contributed by atoms with van der Waals surface area (Å²) < 4.78 is 20.3. The van der Waals surface area contributed by atoms with Gasteiger partial charge in [-0.15, -0.1) is 0 Å². The number of ether oxygens (including phenoxy) is 1. The van der Waals surface area contributed by atoms with E-state index in [1.165, 1.54) is 0 Å². The van der Waals surface area contributed by atoms with Crippen LogP contribution in [0.1, 0.15) is 46.1 Å². The lowest BCUT2D eigenvalue weighted by molar-refractivity contribution is -0.190. The smallest absolute Gasteiger partial charge is 0.157 e. The van der Waals surface area contributed by atoms with Crippen LogP contribution in [0.3, 0.4) is 0 Å². The van der Waals surface area contributed by atoms with Crippen molar-refractivity contribution in [1.82, 2.24) is 4.31 Å². The predicted molar refractivity (Wildman–Crippen MR) is 94.0 cm³/mol. The van der Waals surface area contributed by atoms with Crippen molar-refractivity contribution in [3.05, 3.63) is 35.9 Å². The first-order chi connectivity index (χ1) is 10.8. The highest BCUT2D eigenvalue weighted by molar-refractivity contribution is 7.84. The lowest BCUT2D eigenvalue weighted by Gasteiger charge is -2.36. The largest absolute Gasteiger partial charge is 0.368 e. The molecule has 4 nitrogen and oxygen atoms in total. The zero-order valence-corrected chi connectivity index (χ0v) is 15.4.